The fourth-order valence-corrected chi connectivity index (χ4v) is 1.89. The molecular formula is C13H13N3O3. The number of hydrogen-bond donors (Lipinski definition) is 2. The molecule has 0 bridgehead atoms. The van der Waals surface area contributed by atoms with Gasteiger partial charge in [0.25, 0.3) is 5.69 Å². The zero-order chi connectivity index (χ0) is 14.2. The van der Waals surface area contributed by atoms with Crippen LogP contribution in [0.2, 0.25) is 0 Å². The third-order valence-electron chi connectivity index (χ3n) is 2.85. The van der Waals surface area contributed by atoms with Crippen LogP contribution in [0.3, 0.4) is 0 Å². The van der Waals surface area contributed by atoms with Gasteiger partial charge in [0.1, 0.15) is 5.69 Å². The molecule has 1 aromatic rings. The number of anilines is 2. The molecule has 0 unspecified atom stereocenters. The van der Waals surface area contributed by atoms with E-state index in [9.17, 15) is 14.9 Å². The Kier molecular flexibility index (Phi) is 2.91. The molecule has 0 aromatic heterocycles. The lowest BCUT2D eigenvalue weighted by Crippen LogP contribution is -2.28. The lowest BCUT2D eigenvalue weighted by molar-refractivity contribution is -0.384. The first-order chi connectivity index (χ1) is 8.82. The summed E-state index contributed by atoms with van der Waals surface area (Å²) in [5, 5.41) is 16.7. The van der Waals surface area contributed by atoms with Gasteiger partial charge in [-0.15, -0.1) is 6.42 Å². The Balaban J connectivity index is 2.49. The minimum absolute atomic E-state index is 0.0847. The Bertz CT molecular complexity index is 614. The number of fused-ring (bicyclic) bond motifs is 1. The number of nitrogens with zero attached hydrogens (tertiary/aromatic N) is 1. The molecule has 1 aliphatic heterocycles. The van der Waals surface area contributed by atoms with E-state index in [1.807, 2.05) is 0 Å². The van der Waals surface area contributed by atoms with Gasteiger partial charge in [-0.1, -0.05) is 5.92 Å². The molecule has 6 nitrogen and oxygen atoms in total. The summed E-state index contributed by atoms with van der Waals surface area (Å²) in [5.41, 5.74) is 0.709. The molecule has 0 saturated heterocycles. The summed E-state index contributed by atoms with van der Waals surface area (Å²) in [5.74, 6) is 2.34. The maximum atomic E-state index is 11.3. The van der Waals surface area contributed by atoms with Gasteiger partial charge in [-0.3, -0.25) is 14.9 Å². The highest BCUT2D eigenvalue weighted by Crippen LogP contribution is 2.35. The third-order valence-corrected chi connectivity index (χ3v) is 2.85. The van der Waals surface area contributed by atoms with E-state index >= 15 is 0 Å². The van der Waals surface area contributed by atoms with Gasteiger partial charge in [-0.2, -0.15) is 0 Å². The molecule has 1 heterocycles. The van der Waals surface area contributed by atoms with Crippen molar-refractivity contribution in [3.8, 4) is 12.3 Å². The van der Waals surface area contributed by atoms with Crippen LogP contribution in [0.1, 0.15) is 19.4 Å². The van der Waals surface area contributed by atoms with E-state index < -0.39 is 10.5 Å². The number of nitro benzene ring substituents is 1. The topological polar surface area (TPSA) is 84.3 Å². The second-order valence-electron chi connectivity index (χ2n) is 4.90. The average Bonchev–Trinajstić information content (AvgIpc) is 2.66. The van der Waals surface area contributed by atoms with Crippen molar-refractivity contribution in [1.29, 1.82) is 0 Å². The van der Waals surface area contributed by atoms with Crippen molar-refractivity contribution in [3.63, 3.8) is 0 Å². The third kappa shape index (κ3) is 2.50. The molecule has 1 amide bonds. The molecule has 0 saturated carbocycles. The fraction of sp³-hybridized carbons (Fsp3) is 0.308. The number of carbonyl (C=O) groups excluding carboxylic acids is 1. The summed E-state index contributed by atoms with van der Waals surface area (Å²) < 4.78 is 0. The molecule has 98 valence electrons. The summed E-state index contributed by atoms with van der Waals surface area (Å²) in [6.45, 7) is 3.48. The van der Waals surface area contributed by atoms with Crippen molar-refractivity contribution in [1.82, 2.24) is 0 Å². The van der Waals surface area contributed by atoms with Crippen LogP contribution in [0.15, 0.2) is 12.1 Å². The highest BCUT2D eigenvalue weighted by atomic mass is 16.6. The fourth-order valence-electron chi connectivity index (χ4n) is 1.89. The van der Waals surface area contributed by atoms with E-state index in [4.69, 9.17) is 6.42 Å². The lowest BCUT2D eigenvalue weighted by atomic mass is 10.0. The molecule has 0 aliphatic carbocycles. The number of rotatable bonds is 3. The van der Waals surface area contributed by atoms with E-state index in [1.54, 1.807) is 19.9 Å². The Morgan fingerprint density at radius 2 is 2.21 bits per heavy atom. The number of nitro groups is 1. The highest BCUT2D eigenvalue weighted by molar-refractivity contribution is 6.00. The lowest BCUT2D eigenvalue weighted by Gasteiger charge is -2.21. The molecular weight excluding hydrogens is 246 g/mol. The first kappa shape index (κ1) is 12.9. The number of terminal acetylenes is 1. The van der Waals surface area contributed by atoms with Crippen molar-refractivity contribution < 1.29 is 9.72 Å². The second kappa shape index (κ2) is 4.28. The molecule has 1 aromatic carbocycles. The van der Waals surface area contributed by atoms with Gasteiger partial charge in [0, 0.05) is 11.8 Å². The SMILES string of the molecule is C#CC(C)(C)Nc1cc2c(cc1[N+](=O)[O-])CC(=O)N2. The summed E-state index contributed by atoms with van der Waals surface area (Å²) in [6.07, 6.45) is 5.52. The first-order valence-corrected chi connectivity index (χ1v) is 5.69. The molecule has 1 aliphatic rings. The van der Waals surface area contributed by atoms with Gasteiger partial charge in [0.15, 0.2) is 0 Å². The van der Waals surface area contributed by atoms with Crippen LogP contribution in [0, 0.1) is 22.5 Å². The predicted octanol–water partition coefficient (Wildman–Crippen LogP) is 1.91. The number of hydrogen-bond acceptors (Lipinski definition) is 4. The summed E-state index contributed by atoms with van der Waals surface area (Å²) in [7, 11) is 0. The quantitative estimate of drug-likeness (QED) is 0.493. The largest absolute Gasteiger partial charge is 0.364 e. The first-order valence-electron chi connectivity index (χ1n) is 5.69. The molecule has 2 N–H and O–H groups in total. The van der Waals surface area contributed by atoms with Crippen molar-refractivity contribution in [2.24, 2.45) is 0 Å². The molecule has 2 rings (SSSR count). The zero-order valence-electron chi connectivity index (χ0n) is 10.6. The predicted molar refractivity (Wildman–Crippen MR) is 72.0 cm³/mol. The summed E-state index contributed by atoms with van der Waals surface area (Å²) in [6, 6.07) is 2.96. The van der Waals surface area contributed by atoms with Crippen LogP contribution in [0.5, 0.6) is 0 Å². The van der Waals surface area contributed by atoms with Gasteiger partial charge >= 0.3 is 0 Å². The summed E-state index contributed by atoms with van der Waals surface area (Å²) in [4.78, 5) is 21.9. The molecule has 19 heavy (non-hydrogen) atoms. The van der Waals surface area contributed by atoms with Gasteiger partial charge in [0.05, 0.1) is 16.9 Å². The van der Waals surface area contributed by atoms with Crippen molar-refractivity contribution in [2.45, 2.75) is 25.8 Å². The zero-order valence-corrected chi connectivity index (χ0v) is 10.6. The smallest absolute Gasteiger partial charge is 0.292 e. The minimum atomic E-state index is -0.721. The number of amides is 1. The van der Waals surface area contributed by atoms with Gasteiger partial charge in [0.2, 0.25) is 5.91 Å². The number of carbonyl (C=O) groups is 1. The molecule has 6 heteroatoms. The van der Waals surface area contributed by atoms with Crippen LogP contribution < -0.4 is 10.6 Å². The van der Waals surface area contributed by atoms with Crippen LogP contribution in [-0.2, 0) is 11.2 Å². The van der Waals surface area contributed by atoms with E-state index in [1.165, 1.54) is 6.07 Å². The van der Waals surface area contributed by atoms with E-state index in [2.05, 4.69) is 16.6 Å². The summed E-state index contributed by atoms with van der Waals surface area (Å²) >= 11 is 0. The molecule has 0 fully saturated rings. The Morgan fingerprint density at radius 3 is 2.79 bits per heavy atom. The van der Waals surface area contributed by atoms with Crippen LogP contribution in [-0.4, -0.2) is 16.4 Å². The standard InChI is InChI=1S/C13H13N3O3/c1-4-13(2,3)15-10-7-9-8(6-12(17)14-9)5-11(10)16(18)19/h1,5,7,15H,6H2,2-3H3,(H,14,17). The van der Waals surface area contributed by atoms with Crippen molar-refractivity contribution in [2.75, 3.05) is 10.6 Å². The van der Waals surface area contributed by atoms with Crippen LogP contribution in [0.25, 0.3) is 0 Å². The van der Waals surface area contributed by atoms with E-state index in [-0.39, 0.29) is 18.0 Å². The normalized spacial score (nSPS) is 13.4. The van der Waals surface area contributed by atoms with Crippen LogP contribution >= 0.6 is 0 Å². The maximum Gasteiger partial charge on any atom is 0.292 e. The molecule has 0 spiro atoms. The minimum Gasteiger partial charge on any atom is -0.364 e. The second-order valence-corrected chi connectivity index (χ2v) is 4.90. The average molecular weight is 259 g/mol. The van der Waals surface area contributed by atoms with Gasteiger partial charge < -0.3 is 10.6 Å². The van der Waals surface area contributed by atoms with E-state index in [0.29, 0.717) is 16.9 Å². The monoisotopic (exact) mass is 259 g/mol. The van der Waals surface area contributed by atoms with Crippen molar-refractivity contribution in [3.05, 3.63) is 27.8 Å². The number of benzene rings is 1. The van der Waals surface area contributed by atoms with E-state index in [0.717, 1.165) is 0 Å². The van der Waals surface area contributed by atoms with Gasteiger partial charge in [-0.25, -0.2) is 0 Å². The number of nitrogens with one attached hydrogen (secondary N) is 2. The Morgan fingerprint density at radius 1 is 1.53 bits per heavy atom. The van der Waals surface area contributed by atoms with Crippen LogP contribution in [0.4, 0.5) is 17.1 Å². The Hall–Kier alpha value is -2.55. The maximum absolute atomic E-state index is 11.3. The molecule has 0 radical (unpaired) electrons. The molecule has 0 atom stereocenters. The van der Waals surface area contributed by atoms with Gasteiger partial charge in [-0.05, 0) is 25.5 Å². The van der Waals surface area contributed by atoms with Crippen molar-refractivity contribution >= 4 is 23.0 Å². The Labute approximate surface area is 110 Å². The highest BCUT2D eigenvalue weighted by Gasteiger charge is 2.26.